The molecule has 1 amide bonds. The van der Waals surface area contributed by atoms with Crippen molar-refractivity contribution in [1.82, 2.24) is 20.1 Å². The summed E-state index contributed by atoms with van der Waals surface area (Å²) in [4.78, 5) is 25.7. The number of hydrogen-bond acceptors (Lipinski definition) is 9. The Hall–Kier alpha value is -2.07. The zero-order chi connectivity index (χ0) is 29.3. The molecule has 10 nitrogen and oxygen atoms in total. The van der Waals surface area contributed by atoms with Crippen LogP contribution in [0.1, 0.15) is 33.1 Å². The molecule has 3 aromatic carbocycles. The molecular formula is C25H21Cl2N4NaO6S3. The minimum atomic E-state index is -4.22. The molecule has 0 radical (unpaired) electrons. The number of nitrogens with zero attached hydrogens (tertiary/aromatic N) is 3. The van der Waals surface area contributed by atoms with Crippen LogP contribution in [0.4, 0.5) is 4.79 Å². The molecule has 0 aliphatic heterocycles. The zero-order valence-electron chi connectivity index (χ0n) is 21.4. The summed E-state index contributed by atoms with van der Waals surface area (Å²) >= 11 is 19.4. The van der Waals surface area contributed by atoms with Gasteiger partial charge in [-0.15, -0.1) is 10.2 Å². The number of thiol groups is 2. The fraction of sp³-hybridized carbons (Fsp3) is 0.120. The minimum Gasteiger partial charge on any atom is -0.739 e. The SMILES string of the molecule is O=C(NCc1nnc(CS)n1-c1ccc(Cl)cc1C(=O)c1ccccc1Cl)OCc1ccccc1.O=S(=O)([O-])S.[Na+]. The third-order valence-electron chi connectivity index (χ3n) is 5.10. The summed E-state index contributed by atoms with van der Waals surface area (Å²) < 4.78 is 33.8. The molecule has 0 aliphatic carbocycles. The molecule has 4 aromatic rings. The van der Waals surface area contributed by atoms with Crippen LogP contribution in [0.2, 0.25) is 10.0 Å². The van der Waals surface area contributed by atoms with Crippen LogP contribution >= 0.6 is 47.5 Å². The van der Waals surface area contributed by atoms with Crippen LogP contribution in [0.15, 0.2) is 72.8 Å². The first kappa shape index (κ1) is 35.1. The van der Waals surface area contributed by atoms with Crippen LogP contribution in [-0.2, 0) is 32.8 Å². The molecule has 0 aliphatic rings. The van der Waals surface area contributed by atoms with Gasteiger partial charge in [0.15, 0.2) is 11.6 Å². The van der Waals surface area contributed by atoms with Gasteiger partial charge in [-0.05, 0) is 35.9 Å². The van der Waals surface area contributed by atoms with Crippen molar-refractivity contribution in [3.63, 3.8) is 0 Å². The first-order valence-electron chi connectivity index (χ1n) is 11.2. The zero-order valence-corrected chi connectivity index (χ0v) is 27.5. The van der Waals surface area contributed by atoms with Crippen molar-refractivity contribution in [2.24, 2.45) is 0 Å². The molecule has 1 aromatic heterocycles. The molecule has 1 heterocycles. The Morgan fingerprint density at radius 2 is 1.56 bits per heavy atom. The normalized spacial score (nSPS) is 10.6. The molecule has 0 unspecified atom stereocenters. The Labute approximate surface area is 279 Å². The van der Waals surface area contributed by atoms with Crippen molar-refractivity contribution in [3.8, 4) is 5.69 Å². The van der Waals surface area contributed by atoms with Gasteiger partial charge in [0, 0.05) is 16.1 Å². The maximum atomic E-state index is 13.4. The maximum Gasteiger partial charge on any atom is 1.00 e. The van der Waals surface area contributed by atoms with E-state index in [1.807, 2.05) is 30.3 Å². The van der Waals surface area contributed by atoms with E-state index in [4.69, 9.17) is 40.9 Å². The van der Waals surface area contributed by atoms with Gasteiger partial charge in [-0.25, -0.2) is 13.2 Å². The Kier molecular flexibility index (Phi) is 14.2. The molecule has 0 saturated heterocycles. The van der Waals surface area contributed by atoms with E-state index in [0.717, 1.165) is 5.56 Å². The van der Waals surface area contributed by atoms with Gasteiger partial charge in [-0.3, -0.25) is 9.36 Å². The third kappa shape index (κ3) is 10.9. The fourth-order valence-corrected chi connectivity index (χ4v) is 4.05. The standard InChI is InChI=1S/C25H20Cl2N4O3S.Na.H2O3S2/c26-17-10-11-21(19(12-17)24(32)18-8-4-5-9-20(18)27)31-22(29-30-23(31)15-35)13-28-25(33)34-14-16-6-2-1-3-7-16;;1-5(2,3)4/h1-12,35H,13-15H2,(H,28,33);;(H2,1,2,3,4)/q;+1;/p-1. The molecule has 0 fully saturated rings. The minimum absolute atomic E-state index is 0. The summed E-state index contributed by atoms with van der Waals surface area (Å²) in [7, 11) is -4.22. The number of halogens is 2. The molecule has 1 N–H and O–H groups in total. The van der Waals surface area contributed by atoms with Gasteiger partial charge in [-0.1, -0.05) is 77.3 Å². The van der Waals surface area contributed by atoms with Crippen LogP contribution in [0.5, 0.6) is 0 Å². The summed E-state index contributed by atoms with van der Waals surface area (Å²) in [6, 6.07) is 21.0. The van der Waals surface area contributed by atoms with E-state index < -0.39 is 15.2 Å². The summed E-state index contributed by atoms with van der Waals surface area (Å²) in [5.41, 5.74) is 2.00. The molecule has 0 atom stereocenters. The second-order valence-corrected chi connectivity index (χ2v) is 11.2. The monoisotopic (exact) mass is 662 g/mol. The Morgan fingerprint density at radius 1 is 0.951 bits per heavy atom. The summed E-state index contributed by atoms with van der Waals surface area (Å²) in [5.74, 6) is 0.806. The average Bonchev–Trinajstić information content (AvgIpc) is 3.33. The van der Waals surface area contributed by atoms with E-state index in [-0.39, 0.29) is 54.2 Å². The number of alkyl carbamates (subject to hydrolysis) is 1. The number of rotatable bonds is 8. The molecule has 4 rings (SSSR count). The number of carbonyl (C=O) groups excluding carboxylic acids is 2. The van der Waals surface area contributed by atoms with Crippen LogP contribution in [-0.4, -0.2) is 39.6 Å². The van der Waals surface area contributed by atoms with E-state index in [1.165, 1.54) is 0 Å². The van der Waals surface area contributed by atoms with Gasteiger partial charge in [0.2, 0.25) is 0 Å². The van der Waals surface area contributed by atoms with Crippen molar-refractivity contribution in [1.29, 1.82) is 0 Å². The number of aromatic nitrogens is 3. The molecule has 41 heavy (non-hydrogen) atoms. The molecule has 0 spiro atoms. The van der Waals surface area contributed by atoms with Gasteiger partial charge in [0.25, 0.3) is 0 Å². The van der Waals surface area contributed by atoms with E-state index >= 15 is 0 Å². The van der Waals surface area contributed by atoms with E-state index in [9.17, 15) is 9.59 Å². The number of benzene rings is 3. The summed E-state index contributed by atoms with van der Waals surface area (Å²) in [6.07, 6.45) is -0.612. The largest absolute Gasteiger partial charge is 1.00 e. The first-order valence-corrected chi connectivity index (χ1v) is 15.1. The van der Waals surface area contributed by atoms with E-state index in [0.29, 0.717) is 38.5 Å². The van der Waals surface area contributed by atoms with Crippen LogP contribution in [0.3, 0.4) is 0 Å². The molecule has 0 saturated carbocycles. The van der Waals surface area contributed by atoms with Gasteiger partial charge >= 0.3 is 35.7 Å². The Bertz CT molecular complexity index is 1600. The molecule has 210 valence electrons. The predicted octanol–water partition coefficient (Wildman–Crippen LogP) is 2.04. The maximum absolute atomic E-state index is 13.4. The van der Waals surface area contributed by atoms with Crippen molar-refractivity contribution < 1.29 is 56.9 Å². The predicted molar refractivity (Wildman–Crippen MR) is 156 cm³/mol. The number of carbonyl (C=O) groups is 2. The van der Waals surface area contributed by atoms with E-state index in [1.54, 1.807) is 47.0 Å². The quantitative estimate of drug-likeness (QED) is 0.0855. The van der Waals surface area contributed by atoms with Crippen LogP contribution in [0.25, 0.3) is 5.69 Å². The Morgan fingerprint density at radius 3 is 2.20 bits per heavy atom. The number of ketones is 1. The Balaban J connectivity index is 0.000000902. The van der Waals surface area contributed by atoms with Crippen molar-refractivity contribution in [2.75, 3.05) is 0 Å². The molecular weight excluding hydrogens is 642 g/mol. The van der Waals surface area contributed by atoms with Crippen molar-refractivity contribution in [3.05, 3.63) is 111 Å². The first-order chi connectivity index (χ1) is 19.0. The topological polar surface area (TPSA) is 143 Å². The van der Waals surface area contributed by atoms with Gasteiger partial charge < -0.3 is 14.6 Å². The van der Waals surface area contributed by atoms with Crippen molar-refractivity contribution >= 4 is 68.5 Å². The van der Waals surface area contributed by atoms with Crippen LogP contribution < -0.4 is 34.9 Å². The fourth-order valence-electron chi connectivity index (χ4n) is 3.45. The molecule has 0 bridgehead atoms. The average molecular weight is 664 g/mol. The van der Waals surface area contributed by atoms with Gasteiger partial charge in [0.1, 0.15) is 21.6 Å². The third-order valence-corrected chi connectivity index (χ3v) is 5.95. The number of ether oxygens (including phenoxy) is 1. The van der Waals surface area contributed by atoms with Gasteiger partial charge in [-0.2, -0.15) is 12.6 Å². The summed E-state index contributed by atoms with van der Waals surface area (Å²) in [5, 5.41) is 11.7. The second-order valence-electron chi connectivity index (χ2n) is 7.84. The van der Waals surface area contributed by atoms with Gasteiger partial charge in [0.05, 0.1) is 23.0 Å². The number of hydrogen-bond donors (Lipinski definition) is 3. The second kappa shape index (κ2) is 16.5. The number of nitrogens with one attached hydrogen (secondary N) is 1. The van der Waals surface area contributed by atoms with E-state index in [2.05, 4.69) is 39.8 Å². The smallest absolute Gasteiger partial charge is 0.739 e. The summed E-state index contributed by atoms with van der Waals surface area (Å²) in [6.45, 7) is 0.145. The molecule has 16 heteroatoms. The van der Waals surface area contributed by atoms with Crippen molar-refractivity contribution in [2.45, 2.75) is 18.9 Å². The number of amides is 1. The van der Waals surface area contributed by atoms with Crippen LogP contribution in [0, 0.1) is 0 Å².